The molecule has 1 aromatic heterocycles. The first-order chi connectivity index (χ1) is 17.9. The second-order valence-corrected chi connectivity index (χ2v) is 10.8. The normalized spacial score (nSPS) is 15.4. The van der Waals surface area contributed by atoms with E-state index < -0.39 is 31.4 Å². The van der Waals surface area contributed by atoms with Crippen molar-refractivity contribution in [3.63, 3.8) is 0 Å². The molecular weight excluding hydrogens is 496 g/mol. The smallest absolute Gasteiger partial charge is 0.233 e. The zero-order chi connectivity index (χ0) is 25.8. The van der Waals surface area contributed by atoms with Crippen molar-refractivity contribution in [3.8, 4) is 11.5 Å². The molecular formula is C28H27F2N3O3S. The molecule has 3 aromatic carbocycles. The molecule has 37 heavy (non-hydrogen) atoms. The van der Waals surface area contributed by atoms with E-state index in [0.29, 0.717) is 12.1 Å². The quantitative estimate of drug-likeness (QED) is 0.301. The predicted molar refractivity (Wildman–Crippen MR) is 137 cm³/mol. The number of hydrogen-bond donors (Lipinski definition) is 1. The Morgan fingerprint density at radius 2 is 1.57 bits per heavy atom. The van der Waals surface area contributed by atoms with Crippen molar-refractivity contribution < 1.29 is 21.6 Å². The molecule has 9 heteroatoms. The Hall–Kier alpha value is -3.56. The molecule has 6 nitrogen and oxygen atoms in total. The van der Waals surface area contributed by atoms with Gasteiger partial charge in [0.25, 0.3) is 0 Å². The lowest BCUT2D eigenvalue weighted by Crippen LogP contribution is -2.37. The summed E-state index contributed by atoms with van der Waals surface area (Å²) >= 11 is 0. The van der Waals surface area contributed by atoms with Crippen LogP contribution in [0.3, 0.4) is 0 Å². The Morgan fingerprint density at radius 3 is 2.27 bits per heavy atom. The zero-order valence-corrected chi connectivity index (χ0v) is 20.9. The Morgan fingerprint density at radius 1 is 0.892 bits per heavy atom. The monoisotopic (exact) mass is 523 g/mol. The highest BCUT2D eigenvalue weighted by Gasteiger charge is 2.32. The number of likely N-dealkylation sites (tertiary alicyclic amines) is 1. The van der Waals surface area contributed by atoms with Crippen molar-refractivity contribution in [1.82, 2.24) is 9.88 Å². The minimum Gasteiger partial charge on any atom is -0.419 e. The molecule has 0 radical (unpaired) electrons. The van der Waals surface area contributed by atoms with Crippen LogP contribution in [0.15, 0.2) is 93.2 Å². The lowest BCUT2D eigenvalue weighted by atomic mass is 10.0. The van der Waals surface area contributed by atoms with Crippen LogP contribution in [0.5, 0.6) is 0 Å². The van der Waals surface area contributed by atoms with Crippen molar-refractivity contribution in [2.45, 2.75) is 35.2 Å². The number of hydrogen-bond acceptors (Lipinski definition) is 6. The van der Waals surface area contributed by atoms with Crippen LogP contribution >= 0.6 is 0 Å². The van der Waals surface area contributed by atoms with Crippen LogP contribution in [-0.2, 0) is 9.84 Å². The van der Waals surface area contributed by atoms with E-state index in [4.69, 9.17) is 4.42 Å². The fourth-order valence-corrected chi connectivity index (χ4v) is 5.99. The third-order valence-electron chi connectivity index (χ3n) is 6.54. The molecule has 1 saturated heterocycles. The molecule has 0 spiro atoms. The summed E-state index contributed by atoms with van der Waals surface area (Å²) in [5.74, 6) is -1.41. The van der Waals surface area contributed by atoms with Crippen LogP contribution in [0.4, 0.5) is 14.7 Å². The number of nitrogens with one attached hydrogen (secondary N) is 1. The third kappa shape index (κ3) is 5.42. The molecule has 0 aliphatic carbocycles. The van der Waals surface area contributed by atoms with E-state index in [1.54, 1.807) is 0 Å². The lowest BCUT2D eigenvalue weighted by molar-refractivity contribution is 0.170. The van der Waals surface area contributed by atoms with Crippen molar-refractivity contribution in [3.05, 3.63) is 96.1 Å². The summed E-state index contributed by atoms with van der Waals surface area (Å²) < 4.78 is 61.0. The molecule has 5 rings (SSSR count). The van der Waals surface area contributed by atoms with Crippen LogP contribution in [0, 0.1) is 11.6 Å². The van der Waals surface area contributed by atoms with Gasteiger partial charge in [-0.15, -0.1) is 0 Å². The number of sulfone groups is 1. The Bertz CT molecular complexity index is 1450. The molecule has 1 unspecified atom stereocenters. The molecule has 0 bridgehead atoms. The lowest BCUT2D eigenvalue weighted by Gasteiger charge is -2.35. The van der Waals surface area contributed by atoms with E-state index in [1.165, 1.54) is 48.9 Å². The van der Waals surface area contributed by atoms with E-state index in [0.717, 1.165) is 37.6 Å². The molecule has 1 aliphatic heterocycles. The maximum absolute atomic E-state index is 14.5. The highest BCUT2D eigenvalue weighted by Crippen LogP contribution is 2.34. The van der Waals surface area contributed by atoms with Gasteiger partial charge in [-0.1, -0.05) is 48.9 Å². The van der Waals surface area contributed by atoms with Crippen LogP contribution in [0.25, 0.3) is 11.5 Å². The second kappa shape index (κ2) is 10.8. The molecule has 0 amide bonds. The fourth-order valence-electron chi connectivity index (χ4n) is 4.64. The summed E-state index contributed by atoms with van der Waals surface area (Å²) in [5.41, 5.74) is 1.49. The van der Waals surface area contributed by atoms with Crippen molar-refractivity contribution in [1.29, 1.82) is 0 Å². The molecule has 1 fully saturated rings. The van der Waals surface area contributed by atoms with Gasteiger partial charge in [-0.25, -0.2) is 17.2 Å². The van der Waals surface area contributed by atoms with Gasteiger partial charge in [0.15, 0.2) is 0 Å². The van der Waals surface area contributed by atoms with Crippen LogP contribution in [0.2, 0.25) is 0 Å². The number of anilines is 1. The largest absolute Gasteiger partial charge is 0.419 e. The SMILES string of the molecule is O=S(=O)(c1ccccc1F)c1nc(-c2ccc(F)cc2)oc1NCC(c1ccccc1)N1CCCCC1. The van der Waals surface area contributed by atoms with E-state index in [-0.39, 0.29) is 17.8 Å². The van der Waals surface area contributed by atoms with Gasteiger partial charge in [-0.2, -0.15) is 4.98 Å². The standard InChI is InChI=1S/C28H27F2N3O3S/c29-22-15-13-21(14-16-22)26-32-28(37(34,35)25-12-6-5-11-23(25)30)27(36-26)31-19-24(20-9-3-1-4-10-20)33-17-7-2-8-18-33/h1,3-6,9-16,24,31H,2,7-8,17-19H2. The number of benzene rings is 3. The predicted octanol–water partition coefficient (Wildman–Crippen LogP) is 6.09. The van der Waals surface area contributed by atoms with Gasteiger partial charge in [-0.3, -0.25) is 4.90 Å². The number of nitrogens with zero attached hydrogens (tertiary/aromatic N) is 2. The Labute approximate surface area is 214 Å². The number of aromatic nitrogens is 1. The molecule has 4 aromatic rings. The molecule has 2 heterocycles. The van der Waals surface area contributed by atoms with E-state index >= 15 is 0 Å². The summed E-state index contributed by atoms with van der Waals surface area (Å²) in [7, 11) is -4.36. The van der Waals surface area contributed by atoms with Gasteiger partial charge < -0.3 is 9.73 Å². The summed E-state index contributed by atoms with van der Waals surface area (Å²) in [6.45, 7) is 2.21. The average Bonchev–Trinajstić information content (AvgIpc) is 3.36. The fraction of sp³-hybridized carbons (Fsp3) is 0.250. The number of piperidine rings is 1. The van der Waals surface area contributed by atoms with Crippen molar-refractivity contribution in [2.75, 3.05) is 25.0 Å². The maximum Gasteiger partial charge on any atom is 0.233 e. The maximum atomic E-state index is 14.5. The number of rotatable bonds is 8. The van der Waals surface area contributed by atoms with E-state index in [9.17, 15) is 17.2 Å². The van der Waals surface area contributed by atoms with Gasteiger partial charge in [0, 0.05) is 12.1 Å². The summed E-state index contributed by atoms with van der Waals surface area (Å²) in [5, 5.41) is 2.75. The van der Waals surface area contributed by atoms with E-state index in [2.05, 4.69) is 15.2 Å². The molecule has 1 N–H and O–H groups in total. The minimum atomic E-state index is -4.36. The first-order valence-corrected chi connectivity index (χ1v) is 13.7. The van der Waals surface area contributed by atoms with Crippen LogP contribution in [-0.4, -0.2) is 37.9 Å². The number of oxazole rings is 1. The van der Waals surface area contributed by atoms with Gasteiger partial charge in [0.2, 0.25) is 26.6 Å². The van der Waals surface area contributed by atoms with Crippen molar-refractivity contribution >= 4 is 15.7 Å². The Kier molecular flexibility index (Phi) is 7.34. The second-order valence-electron chi connectivity index (χ2n) is 9.00. The summed E-state index contributed by atoms with van der Waals surface area (Å²) in [4.78, 5) is 6.12. The van der Waals surface area contributed by atoms with Gasteiger partial charge in [0.1, 0.15) is 16.5 Å². The minimum absolute atomic E-state index is 0.00773. The molecule has 1 aliphatic rings. The van der Waals surface area contributed by atoms with E-state index in [1.807, 2.05) is 30.3 Å². The highest BCUT2D eigenvalue weighted by atomic mass is 32.2. The Balaban J connectivity index is 1.53. The van der Waals surface area contributed by atoms with Gasteiger partial charge in [0.05, 0.1) is 6.04 Å². The summed E-state index contributed by atoms with van der Waals surface area (Å²) in [6.07, 6.45) is 3.36. The average molecular weight is 524 g/mol. The summed E-state index contributed by atoms with van der Waals surface area (Å²) in [6, 6.07) is 20.5. The third-order valence-corrected chi connectivity index (χ3v) is 8.24. The van der Waals surface area contributed by atoms with Crippen molar-refractivity contribution in [2.24, 2.45) is 0 Å². The van der Waals surface area contributed by atoms with Crippen LogP contribution in [0.1, 0.15) is 30.9 Å². The molecule has 192 valence electrons. The van der Waals surface area contributed by atoms with Gasteiger partial charge in [-0.05, 0) is 67.9 Å². The first-order valence-electron chi connectivity index (χ1n) is 12.2. The van der Waals surface area contributed by atoms with Gasteiger partial charge >= 0.3 is 0 Å². The highest BCUT2D eigenvalue weighted by molar-refractivity contribution is 7.91. The first kappa shape index (κ1) is 25.1. The topological polar surface area (TPSA) is 75.4 Å². The molecule has 1 atom stereocenters. The zero-order valence-electron chi connectivity index (χ0n) is 20.1. The molecule has 0 saturated carbocycles. The number of halogens is 2. The van der Waals surface area contributed by atoms with Crippen LogP contribution < -0.4 is 5.32 Å².